The largest absolute Gasteiger partial charge is 0.497 e. The summed E-state index contributed by atoms with van der Waals surface area (Å²) >= 11 is 0. The molecule has 2 N–H and O–H groups in total. The monoisotopic (exact) mass is 658 g/mol. The molecule has 0 saturated carbocycles. The quantitative estimate of drug-likeness (QED) is 0.0801. The minimum atomic E-state index is -4.43. The van der Waals surface area contributed by atoms with Crippen molar-refractivity contribution in [3.63, 3.8) is 0 Å². The number of methoxy groups -OCH3 is 1. The second-order valence-electron chi connectivity index (χ2n) is 10.7. The highest BCUT2D eigenvalue weighted by Crippen LogP contribution is 2.34. The third-order valence-electron chi connectivity index (χ3n) is 7.50. The molecule has 4 aromatic rings. The molecule has 0 saturated heterocycles. The average molecular weight is 659 g/mol. The summed E-state index contributed by atoms with van der Waals surface area (Å²) in [6.45, 7) is 10.2. The van der Waals surface area contributed by atoms with Gasteiger partial charge in [0, 0.05) is 30.3 Å². The Bertz CT molecular complexity index is 1800. The normalized spacial score (nSPS) is 11.0. The zero-order valence-electron chi connectivity index (χ0n) is 27.0. The minimum absolute atomic E-state index is 0.130. The van der Waals surface area contributed by atoms with Crippen LogP contribution in [0, 0.1) is 0 Å². The zero-order chi connectivity index (χ0) is 34.8. The van der Waals surface area contributed by atoms with Crippen LogP contribution in [0.25, 0.3) is 22.6 Å². The first kappa shape index (κ1) is 35.3. The fourth-order valence-corrected chi connectivity index (χ4v) is 5.01. The van der Waals surface area contributed by atoms with Gasteiger partial charge in [-0.3, -0.25) is 9.59 Å². The van der Waals surface area contributed by atoms with Crippen LogP contribution in [0.1, 0.15) is 52.4 Å². The average Bonchev–Trinajstić information content (AvgIpc) is 3.08. The van der Waals surface area contributed by atoms with E-state index in [0.29, 0.717) is 75.9 Å². The molecule has 48 heavy (non-hydrogen) atoms. The maximum absolute atomic E-state index is 13.1. The molecule has 4 rings (SSSR count). The fourth-order valence-electron chi connectivity index (χ4n) is 5.01. The number of anilines is 1. The van der Waals surface area contributed by atoms with Crippen LogP contribution in [-0.4, -0.2) is 32.6 Å². The number of rotatable bonds is 14. The van der Waals surface area contributed by atoms with Crippen LogP contribution >= 0.6 is 0 Å². The Labute approximate surface area is 278 Å². The second-order valence-corrected chi connectivity index (χ2v) is 10.7. The van der Waals surface area contributed by atoms with Gasteiger partial charge in [-0.1, -0.05) is 55.6 Å². The number of carbonyl (C=O) groups is 2. The van der Waals surface area contributed by atoms with Crippen molar-refractivity contribution in [2.45, 2.75) is 32.4 Å². The standard InChI is InChI=1S/C38H37F3N2O5/c1-6-47-35-23-28(25(3)46-5)17-21-34(35)48-36(44)13-9-10-26-14-20-33(32(22-26)37(45)42-4)43-24(2)30-11-7-8-12-31(30)27-15-18-29(19-16-27)38(39,40)41/h7-8,11-12,14-23,43H,2-3,6,9-10,13H2,1,4-5H3,(H,42,45). The van der Waals surface area contributed by atoms with E-state index in [2.05, 4.69) is 23.8 Å². The van der Waals surface area contributed by atoms with Gasteiger partial charge in [-0.2, -0.15) is 13.2 Å². The number of hydrogen-bond acceptors (Lipinski definition) is 6. The van der Waals surface area contributed by atoms with E-state index >= 15 is 0 Å². The lowest BCUT2D eigenvalue weighted by molar-refractivity contribution is -0.137. The van der Waals surface area contributed by atoms with Crippen LogP contribution in [0.5, 0.6) is 11.5 Å². The van der Waals surface area contributed by atoms with E-state index in [0.717, 1.165) is 17.7 Å². The molecule has 0 heterocycles. The molecular weight excluding hydrogens is 621 g/mol. The summed E-state index contributed by atoms with van der Waals surface area (Å²) in [5.74, 6) is 0.404. The first-order chi connectivity index (χ1) is 22.9. The zero-order valence-corrected chi connectivity index (χ0v) is 27.0. The number of amides is 1. The molecule has 0 spiro atoms. The van der Waals surface area contributed by atoms with Crippen LogP contribution in [0.3, 0.4) is 0 Å². The highest BCUT2D eigenvalue weighted by molar-refractivity contribution is 6.01. The number of halogens is 3. The summed E-state index contributed by atoms with van der Waals surface area (Å²) in [5.41, 5.74) is 4.05. The maximum Gasteiger partial charge on any atom is 0.416 e. The Morgan fingerprint density at radius 1 is 0.875 bits per heavy atom. The van der Waals surface area contributed by atoms with E-state index < -0.39 is 17.7 Å². The van der Waals surface area contributed by atoms with Crippen molar-refractivity contribution in [3.8, 4) is 22.6 Å². The van der Waals surface area contributed by atoms with Gasteiger partial charge in [-0.05, 0) is 78.9 Å². The smallest absolute Gasteiger partial charge is 0.416 e. The maximum atomic E-state index is 13.1. The van der Waals surface area contributed by atoms with Crippen molar-refractivity contribution in [1.82, 2.24) is 5.32 Å². The summed E-state index contributed by atoms with van der Waals surface area (Å²) in [6, 6.07) is 22.5. The van der Waals surface area contributed by atoms with E-state index in [-0.39, 0.29) is 12.3 Å². The van der Waals surface area contributed by atoms with Gasteiger partial charge in [0.05, 0.1) is 30.5 Å². The van der Waals surface area contributed by atoms with Crippen LogP contribution in [0.15, 0.2) is 98.1 Å². The lowest BCUT2D eigenvalue weighted by atomic mass is 9.96. The Morgan fingerprint density at radius 2 is 1.60 bits per heavy atom. The van der Waals surface area contributed by atoms with Gasteiger partial charge in [-0.15, -0.1) is 0 Å². The predicted octanol–water partition coefficient (Wildman–Crippen LogP) is 8.76. The Morgan fingerprint density at radius 3 is 2.27 bits per heavy atom. The number of ether oxygens (including phenoxy) is 3. The molecule has 0 fully saturated rings. The molecule has 1 amide bonds. The van der Waals surface area contributed by atoms with Crippen molar-refractivity contribution < 1.29 is 37.0 Å². The molecule has 0 unspecified atom stereocenters. The number of hydrogen-bond donors (Lipinski definition) is 2. The van der Waals surface area contributed by atoms with Crippen LogP contribution < -0.4 is 20.1 Å². The number of aryl methyl sites for hydroxylation is 1. The van der Waals surface area contributed by atoms with Crippen molar-refractivity contribution in [3.05, 3.63) is 126 Å². The van der Waals surface area contributed by atoms with Gasteiger partial charge in [0.25, 0.3) is 5.91 Å². The van der Waals surface area contributed by atoms with Gasteiger partial charge >= 0.3 is 12.1 Å². The number of benzene rings is 4. The molecule has 0 aromatic heterocycles. The van der Waals surface area contributed by atoms with Gasteiger partial charge in [0.1, 0.15) is 5.76 Å². The Hall–Kier alpha value is -5.51. The summed E-state index contributed by atoms with van der Waals surface area (Å²) in [5, 5.41) is 5.86. The van der Waals surface area contributed by atoms with Crippen molar-refractivity contribution in [2.24, 2.45) is 0 Å². The third kappa shape index (κ3) is 8.85. The van der Waals surface area contributed by atoms with Crippen LogP contribution in [0.2, 0.25) is 0 Å². The molecule has 0 aliphatic carbocycles. The topological polar surface area (TPSA) is 85.9 Å². The van der Waals surface area contributed by atoms with Gasteiger partial charge in [0.15, 0.2) is 11.5 Å². The molecule has 4 aromatic carbocycles. The van der Waals surface area contributed by atoms with E-state index in [1.807, 2.05) is 13.0 Å². The highest BCUT2D eigenvalue weighted by Gasteiger charge is 2.30. The third-order valence-corrected chi connectivity index (χ3v) is 7.50. The minimum Gasteiger partial charge on any atom is -0.497 e. The Balaban J connectivity index is 1.45. The molecule has 10 heteroatoms. The van der Waals surface area contributed by atoms with Crippen molar-refractivity contribution in [2.75, 3.05) is 26.1 Å². The molecule has 0 aliphatic rings. The lowest BCUT2D eigenvalue weighted by Crippen LogP contribution is -2.20. The summed E-state index contributed by atoms with van der Waals surface area (Å²) in [6.07, 6.45) is -3.34. The number of carbonyl (C=O) groups excluding carboxylic acids is 2. The van der Waals surface area contributed by atoms with E-state index in [4.69, 9.17) is 14.2 Å². The molecule has 250 valence electrons. The summed E-state index contributed by atoms with van der Waals surface area (Å²) in [4.78, 5) is 25.6. The molecule has 0 radical (unpaired) electrons. The molecular formula is C38H37F3N2O5. The molecule has 0 atom stereocenters. The second kappa shape index (κ2) is 15.9. The first-order valence-electron chi connectivity index (χ1n) is 15.2. The fraction of sp³-hybridized carbons (Fsp3) is 0.211. The van der Waals surface area contributed by atoms with Gasteiger partial charge in [-0.25, -0.2) is 0 Å². The predicted molar refractivity (Wildman–Crippen MR) is 182 cm³/mol. The number of nitrogens with one attached hydrogen (secondary N) is 2. The van der Waals surface area contributed by atoms with Gasteiger partial charge in [0.2, 0.25) is 0 Å². The summed E-state index contributed by atoms with van der Waals surface area (Å²) in [7, 11) is 3.04. The summed E-state index contributed by atoms with van der Waals surface area (Å²) < 4.78 is 55.7. The van der Waals surface area contributed by atoms with Gasteiger partial charge < -0.3 is 24.8 Å². The van der Waals surface area contributed by atoms with Crippen LogP contribution in [-0.2, 0) is 22.1 Å². The van der Waals surface area contributed by atoms with E-state index in [9.17, 15) is 22.8 Å². The van der Waals surface area contributed by atoms with Crippen molar-refractivity contribution in [1.29, 1.82) is 0 Å². The first-order valence-corrected chi connectivity index (χ1v) is 15.2. The van der Waals surface area contributed by atoms with E-state index in [1.165, 1.54) is 26.3 Å². The van der Waals surface area contributed by atoms with E-state index in [1.54, 1.807) is 54.6 Å². The van der Waals surface area contributed by atoms with Crippen LogP contribution in [0.4, 0.5) is 18.9 Å². The molecule has 0 bridgehead atoms. The molecule has 7 nitrogen and oxygen atoms in total. The number of esters is 1. The number of alkyl halides is 3. The molecule has 0 aliphatic heterocycles. The highest BCUT2D eigenvalue weighted by atomic mass is 19.4. The van der Waals surface area contributed by atoms with Crippen molar-refractivity contribution >= 4 is 29.0 Å². The Kier molecular flexibility index (Phi) is 11.7. The lowest BCUT2D eigenvalue weighted by Gasteiger charge is -2.18. The SMILES string of the molecule is C=C(OC)c1ccc(OC(=O)CCCc2ccc(NC(=C)c3ccccc3-c3ccc(C(F)(F)F)cc3)c(C(=O)NC)c2)c(OCC)c1.